The van der Waals surface area contributed by atoms with E-state index in [0.717, 1.165) is 6.42 Å². The van der Waals surface area contributed by atoms with Gasteiger partial charge in [0.2, 0.25) is 5.91 Å². The summed E-state index contributed by atoms with van der Waals surface area (Å²) in [4.78, 5) is 16.5. The number of carbonyl (C=O) groups excluding carboxylic acids is 1. The van der Waals surface area contributed by atoms with E-state index in [1.54, 1.807) is 11.3 Å². The number of carbonyl (C=O) groups is 1. The van der Waals surface area contributed by atoms with Crippen LogP contribution in [0.4, 0.5) is 0 Å². The second-order valence-corrected chi connectivity index (χ2v) is 6.15. The maximum absolute atomic E-state index is 12.2. The Morgan fingerprint density at radius 2 is 2.24 bits per heavy atom. The number of likely N-dealkylation sites (N-methyl/N-ethyl adjacent to an activating group) is 1. The van der Waals surface area contributed by atoms with E-state index in [9.17, 15) is 4.79 Å². The molecule has 1 fully saturated rings. The first-order valence-corrected chi connectivity index (χ1v) is 6.95. The molecule has 1 amide bonds. The van der Waals surface area contributed by atoms with Crippen molar-refractivity contribution in [2.45, 2.75) is 39.4 Å². The van der Waals surface area contributed by atoms with Gasteiger partial charge in [-0.25, -0.2) is 0 Å². The van der Waals surface area contributed by atoms with E-state index in [-0.39, 0.29) is 18.1 Å². The fraction of sp³-hybridized carbons (Fsp3) is 0.615. The summed E-state index contributed by atoms with van der Waals surface area (Å²) in [5, 5.41) is 3.46. The third-order valence-corrected chi connectivity index (χ3v) is 4.64. The van der Waals surface area contributed by atoms with Crippen molar-refractivity contribution in [1.82, 2.24) is 10.2 Å². The highest BCUT2D eigenvalue weighted by atomic mass is 32.1. The average molecular weight is 252 g/mol. The van der Waals surface area contributed by atoms with E-state index >= 15 is 0 Å². The van der Waals surface area contributed by atoms with Crippen LogP contribution in [0.5, 0.6) is 0 Å². The number of hydrogen-bond donors (Lipinski definition) is 1. The molecule has 2 heterocycles. The molecule has 1 aromatic heterocycles. The maximum atomic E-state index is 12.2. The molecule has 0 aromatic carbocycles. The Morgan fingerprint density at radius 3 is 2.76 bits per heavy atom. The molecule has 3 unspecified atom stereocenters. The van der Waals surface area contributed by atoms with Crippen LogP contribution in [0.25, 0.3) is 0 Å². The van der Waals surface area contributed by atoms with Crippen LogP contribution < -0.4 is 5.32 Å². The summed E-state index contributed by atoms with van der Waals surface area (Å²) in [5.74, 6) is 0.603. The molecule has 0 spiro atoms. The summed E-state index contributed by atoms with van der Waals surface area (Å²) in [6, 6.07) is 4.19. The smallest absolute Gasteiger partial charge is 0.241 e. The lowest BCUT2D eigenvalue weighted by atomic mass is 9.99. The predicted octanol–water partition coefficient (Wildman–Crippen LogP) is 2.53. The Labute approximate surface area is 107 Å². The zero-order valence-corrected chi connectivity index (χ0v) is 11.7. The Morgan fingerprint density at radius 1 is 1.53 bits per heavy atom. The molecular weight excluding hydrogens is 232 g/mol. The van der Waals surface area contributed by atoms with Crippen molar-refractivity contribution in [1.29, 1.82) is 0 Å². The van der Waals surface area contributed by atoms with Gasteiger partial charge in [-0.2, -0.15) is 0 Å². The standard InChI is InChI=1S/C13H20N2OS/c1-5-8(2)11-13(16)15(4)12(14-11)10-7-6-9(3)17-10/h6-8,11-12,14H,5H2,1-4H3. The van der Waals surface area contributed by atoms with Crippen molar-refractivity contribution in [3.63, 3.8) is 0 Å². The van der Waals surface area contributed by atoms with E-state index in [0.29, 0.717) is 5.92 Å². The Kier molecular flexibility index (Phi) is 3.54. The highest BCUT2D eigenvalue weighted by Crippen LogP contribution is 2.31. The summed E-state index contributed by atoms with van der Waals surface area (Å²) in [7, 11) is 1.89. The number of hydrogen-bond acceptors (Lipinski definition) is 3. The molecule has 2 rings (SSSR count). The average Bonchev–Trinajstić information content (AvgIpc) is 2.85. The van der Waals surface area contributed by atoms with Crippen LogP contribution in [0, 0.1) is 12.8 Å². The van der Waals surface area contributed by atoms with Crippen LogP contribution in [-0.4, -0.2) is 23.9 Å². The number of thiophene rings is 1. The molecule has 1 aliphatic heterocycles. The second kappa shape index (κ2) is 4.78. The predicted molar refractivity (Wildman–Crippen MR) is 70.9 cm³/mol. The lowest BCUT2D eigenvalue weighted by molar-refractivity contribution is -0.129. The monoisotopic (exact) mass is 252 g/mol. The van der Waals surface area contributed by atoms with Crippen molar-refractivity contribution in [3.8, 4) is 0 Å². The molecule has 1 aliphatic rings. The number of nitrogens with one attached hydrogen (secondary N) is 1. The molecular formula is C13H20N2OS. The van der Waals surface area contributed by atoms with Gasteiger partial charge in [0.15, 0.2) is 0 Å². The molecule has 3 atom stereocenters. The molecule has 1 saturated heterocycles. The van der Waals surface area contributed by atoms with E-state index < -0.39 is 0 Å². The number of rotatable bonds is 3. The summed E-state index contributed by atoms with van der Waals surface area (Å²) in [5.41, 5.74) is 0. The van der Waals surface area contributed by atoms with Gasteiger partial charge in [0.05, 0.1) is 6.04 Å². The minimum absolute atomic E-state index is 0.0302. The van der Waals surface area contributed by atoms with Gasteiger partial charge >= 0.3 is 0 Å². The molecule has 0 saturated carbocycles. The summed E-state index contributed by atoms with van der Waals surface area (Å²) in [6.07, 6.45) is 1.08. The third-order valence-electron chi connectivity index (χ3n) is 3.58. The second-order valence-electron chi connectivity index (χ2n) is 4.83. The quantitative estimate of drug-likeness (QED) is 0.896. The number of aryl methyl sites for hydroxylation is 1. The fourth-order valence-electron chi connectivity index (χ4n) is 2.22. The van der Waals surface area contributed by atoms with Gasteiger partial charge in [-0.1, -0.05) is 20.3 Å². The number of amides is 1. The van der Waals surface area contributed by atoms with Crippen LogP contribution >= 0.6 is 11.3 Å². The molecule has 3 nitrogen and oxygen atoms in total. The SMILES string of the molecule is CCC(C)C1NC(c2ccc(C)s2)N(C)C1=O. The van der Waals surface area contributed by atoms with Crippen molar-refractivity contribution in [3.05, 3.63) is 21.9 Å². The van der Waals surface area contributed by atoms with Crippen LogP contribution in [0.3, 0.4) is 0 Å². The molecule has 0 bridgehead atoms. The van der Waals surface area contributed by atoms with Gasteiger partial charge < -0.3 is 4.90 Å². The van der Waals surface area contributed by atoms with Crippen LogP contribution in [0.15, 0.2) is 12.1 Å². The van der Waals surface area contributed by atoms with Crippen LogP contribution in [0.1, 0.15) is 36.2 Å². The first-order valence-electron chi connectivity index (χ1n) is 6.13. The van der Waals surface area contributed by atoms with Crippen molar-refractivity contribution < 1.29 is 4.79 Å². The normalized spacial score (nSPS) is 26.6. The molecule has 1 N–H and O–H groups in total. The molecule has 17 heavy (non-hydrogen) atoms. The maximum Gasteiger partial charge on any atom is 0.241 e. The summed E-state index contributed by atoms with van der Waals surface area (Å²) >= 11 is 1.76. The minimum Gasteiger partial charge on any atom is -0.324 e. The first-order chi connectivity index (χ1) is 8.04. The van der Waals surface area contributed by atoms with Gasteiger partial charge in [-0.05, 0) is 25.0 Å². The van der Waals surface area contributed by atoms with E-state index in [4.69, 9.17) is 0 Å². The largest absolute Gasteiger partial charge is 0.324 e. The van der Waals surface area contributed by atoms with E-state index in [2.05, 4.69) is 38.2 Å². The van der Waals surface area contributed by atoms with Gasteiger partial charge in [-0.3, -0.25) is 10.1 Å². The fourth-order valence-corrected chi connectivity index (χ4v) is 3.20. The Hall–Kier alpha value is -0.870. The van der Waals surface area contributed by atoms with Gasteiger partial charge in [0.1, 0.15) is 6.17 Å². The molecule has 94 valence electrons. The third kappa shape index (κ3) is 2.24. The molecule has 1 aromatic rings. The lowest BCUT2D eigenvalue weighted by Crippen LogP contribution is -2.35. The van der Waals surface area contributed by atoms with Gasteiger partial charge in [0.25, 0.3) is 0 Å². The van der Waals surface area contributed by atoms with Crippen molar-refractivity contribution in [2.75, 3.05) is 7.05 Å². The first kappa shape index (κ1) is 12.6. The van der Waals surface area contributed by atoms with Crippen molar-refractivity contribution in [2.24, 2.45) is 5.92 Å². The topological polar surface area (TPSA) is 32.3 Å². The highest BCUT2D eigenvalue weighted by Gasteiger charge is 2.39. The van der Waals surface area contributed by atoms with E-state index in [1.165, 1.54) is 9.75 Å². The Bertz CT molecular complexity index is 415. The van der Waals surface area contributed by atoms with Crippen molar-refractivity contribution >= 4 is 17.2 Å². The molecule has 0 aliphatic carbocycles. The Balaban J connectivity index is 2.19. The highest BCUT2D eigenvalue weighted by molar-refractivity contribution is 7.12. The zero-order chi connectivity index (χ0) is 12.6. The molecule has 0 radical (unpaired) electrons. The van der Waals surface area contributed by atoms with Crippen LogP contribution in [-0.2, 0) is 4.79 Å². The molecule has 4 heteroatoms. The minimum atomic E-state index is -0.0302. The number of nitrogens with zero attached hydrogens (tertiary/aromatic N) is 1. The summed E-state index contributed by atoms with van der Waals surface area (Å²) < 4.78 is 0. The van der Waals surface area contributed by atoms with E-state index in [1.807, 2.05) is 11.9 Å². The zero-order valence-electron chi connectivity index (χ0n) is 10.9. The van der Waals surface area contributed by atoms with Gasteiger partial charge in [-0.15, -0.1) is 11.3 Å². The van der Waals surface area contributed by atoms with Crippen LogP contribution in [0.2, 0.25) is 0 Å². The lowest BCUT2D eigenvalue weighted by Gasteiger charge is -2.17. The summed E-state index contributed by atoms with van der Waals surface area (Å²) in [6.45, 7) is 6.35. The van der Waals surface area contributed by atoms with Gasteiger partial charge in [0, 0.05) is 16.8 Å².